The lowest BCUT2D eigenvalue weighted by Crippen LogP contribution is -2.23. The van der Waals surface area contributed by atoms with Crippen LogP contribution in [0.5, 0.6) is 17.2 Å². The molecular formula is C24H26N4O4S. The maximum atomic E-state index is 13.3. The molecule has 0 unspecified atom stereocenters. The van der Waals surface area contributed by atoms with Crippen LogP contribution in [0.15, 0.2) is 41.2 Å². The van der Waals surface area contributed by atoms with Gasteiger partial charge in [-0.25, -0.2) is 4.40 Å². The molecule has 8 nitrogen and oxygen atoms in total. The molecule has 2 aromatic heterocycles. The molecule has 0 N–H and O–H groups in total. The average molecular weight is 467 g/mol. The molecule has 0 spiro atoms. The van der Waals surface area contributed by atoms with Crippen LogP contribution in [0.3, 0.4) is 0 Å². The van der Waals surface area contributed by atoms with E-state index in [0.717, 1.165) is 24.3 Å². The van der Waals surface area contributed by atoms with Crippen LogP contribution < -0.4 is 29.2 Å². The van der Waals surface area contributed by atoms with E-state index in [0.29, 0.717) is 38.1 Å². The molecule has 2 heterocycles. The summed E-state index contributed by atoms with van der Waals surface area (Å²) in [5.41, 5.74) is 2.59. The number of nitrogens with zero attached hydrogens (tertiary/aromatic N) is 4. The van der Waals surface area contributed by atoms with E-state index in [1.807, 2.05) is 18.2 Å². The fourth-order valence-corrected chi connectivity index (χ4v) is 4.69. The molecule has 0 bridgehead atoms. The van der Waals surface area contributed by atoms with Gasteiger partial charge in [0.15, 0.2) is 17.3 Å². The first kappa shape index (κ1) is 22.6. The Morgan fingerprint density at radius 3 is 2.15 bits per heavy atom. The Bertz CT molecular complexity index is 1350. The summed E-state index contributed by atoms with van der Waals surface area (Å²) in [6.45, 7) is 6.16. The molecule has 0 aliphatic carbocycles. The Hall–Kier alpha value is -3.59. The number of fused-ring (bicyclic) bond motifs is 1. The van der Waals surface area contributed by atoms with E-state index >= 15 is 0 Å². The zero-order chi connectivity index (χ0) is 23.5. The van der Waals surface area contributed by atoms with Gasteiger partial charge in [-0.2, -0.15) is 0 Å². The van der Waals surface area contributed by atoms with Crippen LogP contribution in [0.2, 0.25) is 0 Å². The first-order chi connectivity index (χ1) is 16.0. The predicted molar refractivity (Wildman–Crippen MR) is 131 cm³/mol. The summed E-state index contributed by atoms with van der Waals surface area (Å²) in [4.78, 5) is 16.1. The first-order valence-electron chi connectivity index (χ1n) is 10.6. The van der Waals surface area contributed by atoms with Gasteiger partial charge in [0.2, 0.25) is 10.7 Å². The molecule has 0 saturated carbocycles. The van der Waals surface area contributed by atoms with E-state index in [2.05, 4.69) is 41.1 Å². The Morgan fingerprint density at radius 2 is 1.61 bits per heavy atom. The molecule has 172 valence electrons. The van der Waals surface area contributed by atoms with Crippen LogP contribution in [-0.4, -0.2) is 49.0 Å². The number of rotatable bonds is 8. The van der Waals surface area contributed by atoms with Crippen LogP contribution in [0.1, 0.15) is 19.4 Å². The van der Waals surface area contributed by atoms with Gasteiger partial charge in [0.1, 0.15) is 0 Å². The highest BCUT2D eigenvalue weighted by molar-refractivity contribution is 7.15. The highest BCUT2D eigenvalue weighted by atomic mass is 32.1. The summed E-state index contributed by atoms with van der Waals surface area (Å²) in [6, 6.07) is 11.7. The summed E-state index contributed by atoms with van der Waals surface area (Å²) in [5, 5.41) is 8.47. The van der Waals surface area contributed by atoms with Crippen LogP contribution in [0.25, 0.3) is 22.4 Å². The number of thiazole rings is 1. The van der Waals surface area contributed by atoms with Crippen molar-refractivity contribution < 1.29 is 14.2 Å². The zero-order valence-electron chi connectivity index (χ0n) is 19.3. The minimum Gasteiger partial charge on any atom is -0.493 e. The summed E-state index contributed by atoms with van der Waals surface area (Å²) in [5.74, 6) is 1.85. The number of benzene rings is 2. The van der Waals surface area contributed by atoms with E-state index in [9.17, 15) is 4.79 Å². The lowest BCUT2D eigenvalue weighted by atomic mass is 10.1. The minimum atomic E-state index is -0.170. The topological polar surface area (TPSA) is 78.2 Å². The van der Waals surface area contributed by atoms with Gasteiger partial charge >= 0.3 is 0 Å². The lowest BCUT2D eigenvalue weighted by Gasteiger charge is -2.20. The zero-order valence-corrected chi connectivity index (χ0v) is 20.1. The van der Waals surface area contributed by atoms with E-state index in [1.54, 1.807) is 33.5 Å². The largest absolute Gasteiger partial charge is 0.493 e. The number of hydrogen-bond donors (Lipinski definition) is 0. The smallest absolute Gasteiger partial charge is 0.276 e. The van der Waals surface area contributed by atoms with E-state index in [-0.39, 0.29) is 5.56 Å². The molecule has 0 radical (unpaired) electrons. The Kier molecular flexibility index (Phi) is 6.50. The molecular weight excluding hydrogens is 440 g/mol. The summed E-state index contributed by atoms with van der Waals surface area (Å²) >= 11 is 1.30. The third-order valence-electron chi connectivity index (χ3n) is 5.49. The van der Waals surface area contributed by atoms with E-state index in [1.165, 1.54) is 15.7 Å². The van der Waals surface area contributed by atoms with Crippen LogP contribution in [0, 0.1) is 0 Å². The molecule has 0 aliphatic rings. The Balaban J connectivity index is 1.79. The summed E-state index contributed by atoms with van der Waals surface area (Å²) < 4.78 is 18.4. The second-order valence-corrected chi connectivity index (χ2v) is 8.24. The molecule has 0 atom stereocenters. The molecule has 2 aromatic carbocycles. The third kappa shape index (κ3) is 4.11. The molecule has 0 saturated heterocycles. The standard InChI is InChI=1S/C24H26N4O4S/c1-6-27(7-2)17-10-8-15(9-11-17)12-20-23(29)28-22(25-26-24(28)33-20)16-13-18(30-3)21(32-5)19(14-16)31-4/h8-14H,6-7H2,1-5H3. The van der Waals surface area contributed by atoms with Crippen LogP contribution in [0.4, 0.5) is 5.69 Å². The van der Waals surface area contributed by atoms with Gasteiger partial charge in [-0.1, -0.05) is 23.5 Å². The SMILES string of the molecule is CCN(CC)c1ccc(C=c2sc3nnc(-c4cc(OC)c(OC)c(OC)c4)n3c2=O)cc1. The second kappa shape index (κ2) is 9.50. The molecule has 0 fully saturated rings. The Morgan fingerprint density at radius 1 is 0.970 bits per heavy atom. The minimum absolute atomic E-state index is 0.170. The molecule has 0 amide bonds. The number of ether oxygens (including phenoxy) is 3. The van der Waals surface area contributed by atoms with Crippen molar-refractivity contribution in [2.75, 3.05) is 39.3 Å². The molecule has 0 aliphatic heterocycles. The van der Waals surface area contributed by atoms with Crippen molar-refractivity contribution in [2.45, 2.75) is 13.8 Å². The highest BCUT2D eigenvalue weighted by Crippen LogP contribution is 2.40. The van der Waals surface area contributed by atoms with Crippen molar-refractivity contribution in [2.24, 2.45) is 0 Å². The summed E-state index contributed by atoms with van der Waals surface area (Å²) in [7, 11) is 4.63. The van der Waals surface area contributed by atoms with Gasteiger partial charge in [-0.05, 0) is 49.8 Å². The van der Waals surface area contributed by atoms with Crippen molar-refractivity contribution in [1.29, 1.82) is 0 Å². The normalized spacial score (nSPS) is 11.7. The number of hydrogen-bond acceptors (Lipinski definition) is 8. The first-order valence-corrected chi connectivity index (χ1v) is 11.4. The fraction of sp³-hybridized carbons (Fsp3) is 0.292. The number of methoxy groups -OCH3 is 3. The van der Waals surface area contributed by atoms with Crippen molar-refractivity contribution >= 4 is 28.1 Å². The van der Waals surface area contributed by atoms with Crippen molar-refractivity contribution in [3.05, 3.63) is 56.8 Å². The van der Waals surface area contributed by atoms with Gasteiger partial charge < -0.3 is 19.1 Å². The van der Waals surface area contributed by atoms with Gasteiger partial charge in [0, 0.05) is 24.3 Å². The van der Waals surface area contributed by atoms with E-state index < -0.39 is 0 Å². The second-order valence-electron chi connectivity index (χ2n) is 7.24. The predicted octanol–water partition coefficient (Wildman–Crippen LogP) is 3.24. The molecule has 9 heteroatoms. The quantitative estimate of drug-likeness (QED) is 0.394. The van der Waals surface area contributed by atoms with Gasteiger partial charge in [-0.15, -0.1) is 10.2 Å². The molecule has 33 heavy (non-hydrogen) atoms. The third-order valence-corrected chi connectivity index (χ3v) is 6.45. The average Bonchev–Trinajstić information content (AvgIpc) is 3.39. The maximum Gasteiger partial charge on any atom is 0.276 e. The number of aromatic nitrogens is 3. The number of anilines is 1. The van der Waals surface area contributed by atoms with Gasteiger partial charge in [0.25, 0.3) is 5.56 Å². The Labute approximate surface area is 195 Å². The molecule has 4 rings (SSSR count). The lowest BCUT2D eigenvalue weighted by molar-refractivity contribution is 0.324. The highest BCUT2D eigenvalue weighted by Gasteiger charge is 2.19. The van der Waals surface area contributed by atoms with Gasteiger partial charge in [0.05, 0.1) is 25.9 Å². The van der Waals surface area contributed by atoms with Crippen LogP contribution in [-0.2, 0) is 0 Å². The van der Waals surface area contributed by atoms with E-state index in [4.69, 9.17) is 14.2 Å². The van der Waals surface area contributed by atoms with Gasteiger partial charge in [-0.3, -0.25) is 4.79 Å². The van der Waals surface area contributed by atoms with Crippen LogP contribution >= 0.6 is 11.3 Å². The summed E-state index contributed by atoms with van der Waals surface area (Å²) in [6.07, 6.45) is 1.88. The van der Waals surface area contributed by atoms with Crippen molar-refractivity contribution in [1.82, 2.24) is 14.6 Å². The monoisotopic (exact) mass is 466 g/mol. The fourth-order valence-electron chi connectivity index (χ4n) is 3.78. The van der Waals surface area contributed by atoms with Crippen molar-refractivity contribution in [3.8, 4) is 28.6 Å². The molecule has 4 aromatic rings. The maximum absolute atomic E-state index is 13.3. The van der Waals surface area contributed by atoms with Crippen molar-refractivity contribution in [3.63, 3.8) is 0 Å².